The minimum absolute atomic E-state index is 0.0559. The highest BCUT2D eigenvalue weighted by atomic mass is 32.2. The molecule has 0 aliphatic rings. The molecule has 0 saturated carbocycles. The maximum absolute atomic E-state index is 13.4. The molecule has 0 unspecified atom stereocenters. The Kier molecular flexibility index (Phi) is 5.81. The van der Waals surface area contributed by atoms with Gasteiger partial charge in [-0.3, -0.25) is 4.79 Å². The molecular formula is C17H18FNOS. The third kappa shape index (κ3) is 4.60. The first kappa shape index (κ1) is 15.6. The number of carbonyl (C=O) groups excluding carboxylic acids is 1. The second-order valence-corrected chi connectivity index (χ2v) is 5.82. The van der Waals surface area contributed by atoms with Gasteiger partial charge >= 0.3 is 0 Å². The number of aryl methyl sites for hydroxylation is 1. The third-order valence-electron chi connectivity index (χ3n) is 3.14. The molecule has 1 amide bonds. The topological polar surface area (TPSA) is 29.1 Å². The number of carbonyl (C=O) groups is 1. The van der Waals surface area contributed by atoms with Gasteiger partial charge in [0.15, 0.2) is 0 Å². The standard InChI is InChI=1S/C17H18FNOS/c1-13-6-2-4-8-15(13)17(20)19-10-11-21-12-14-7-3-5-9-16(14)18/h2-9H,10-12H2,1H3,(H,19,20). The van der Waals surface area contributed by atoms with Crippen LogP contribution in [-0.2, 0) is 5.75 Å². The van der Waals surface area contributed by atoms with Gasteiger partial charge in [0, 0.05) is 23.6 Å². The lowest BCUT2D eigenvalue weighted by atomic mass is 10.1. The molecular weight excluding hydrogens is 285 g/mol. The molecule has 2 nitrogen and oxygen atoms in total. The Morgan fingerprint density at radius 2 is 1.86 bits per heavy atom. The average Bonchev–Trinajstić information content (AvgIpc) is 2.49. The maximum Gasteiger partial charge on any atom is 0.251 e. The fourth-order valence-corrected chi connectivity index (χ4v) is 2.80. The molecule has 0 spiro atoms. The summed E-state index contributed by atoms with van der Waals surface area (Å²) >= 11 is 1.61. The van der Waals surface area contributed by atoms with Gasteiger partial charge in [-0.05, 0) is 30.2 Å². The van der Waals surface area contributed by atoms with Crippen molar-refractivity contribution in [2.75, 3.05) is 12.3 Å². The number of thioether (sulfide) groups is 1. The zero-order valence-corrected chi connectivity index (χ0v) is 12.8. The first-order valence-electron chi connectivity index (χ1n) is 6.83. The lowest BCUT2D eigenvalue weighted by Crippen LogP contribution is -2.26. The minimum atomic E-state index is -0.172. The van der Waals surface area contributed by atoms with E-state index in [0.29, 0.717) is 23.4 Å². The van der Waals surface area contributed by atoms with Crippen molar-refractivity contribution in [1.29, 1.82) is 0 Å². The van der Waals surface area contributed by atoms with Gasteiger partial charge in [-0.1, -0.05) is 36.4 Å². The van der Waals surface area contributed by atoms with Gasteiger partial charge in [0.05, 0.1) is 0 Å². The van der Waals surface area contributed by atoms with E-state index in [4.69, 9.17) is 0 Å². The molecule has 1 N–H and O–H groups in total. The Bertz CT molecular complexity index is 615. The van der Waals surface area contributed by atoms with Crippen molar-refractivity contribution in [2.24, 2.45) is 0 Å². The smallest absolute Gasteiger partial charge is 0.251 e. The Balaban J connectivity index is 1.72. The van der Waals surface area contributed by atoms with E-state index >= 15 is 0 Å². The van der Waals surface area contributed by atoms with Crippen LogP contribution in [0.4, 0.5) is 4.39 Å². The summed E-state index contributed by atoms with van der Waals surface area (Å²) in [6.45, 7) is 2.49. The van der Waals surface area contributed by atoms with Crippen LogP contribution in [0.2, 0.25) is 0 Å². The highest BCUT2D eigenvalue weighted by Crippen LogP contribution is 2.14. The molecule has 2 aromatic carbocycles. The Labute approximate surface area is 128 Å². The van der Waals surface area contributed by atoms with E-state index in [1.54, 1.807) is 23.9 Å². The highest BCUT2D eigenvalue weighted by Gasteiger charge is 2.07. The number of hydrogen-bond donors (Lipinski definition) is 1. The van der Waals surface area contributed by atoms with Crippen molar-refractivity contribution in [2.45, 2.75) is 12.7 Å². The van der Waals surface area contributed by atoms with Crippen LogP contribution in [0.25, 0.3) is 0 Å². The second kappa shape index (κ2) is 7.84. The number of hydrogen-bond acceptors (Lipinski definition) is 2. The first-order valence-corrected chi connectivity index (χ1v) is 7.99. The lowest BCUT2D eigenvalue weighted by molar-refractivity contribution is 0.0955. The molecule has 2 rings (SSSR count). The number of amides is 1. The highest BCUT2D eigenvalue weighted by molar-refractivity contribution is 7.98. The van der Waals surface area contributed by atoms with E-state index < -0.39 is 0 Å². The van der Waals surface area contributed by atoms with Crippen LogP contribution in [0.3, 0.4) is 0 Å². The Morgan fingerprint density at radius 3 is 2.62 bits per heavy atom. The van der Waals surface area contributed by atoms with E-state index in [2.05, 4.69) is 5.32 Å². The van der Waals surface area contributed by atoms with E-state index in [1.807, 2.05) is 37.3 Å². The summed E-state index contributed by atoms with van der Waals surface area (Å²) in [6.07, 6.45) is 0. The van der Waals surface area contributed by atoms with Crippen LogP contribution < -0.4 is 5.32 Å². The predicted molar refractivity (Wildman–Crippen MR) is 86.1 cm³/mol. The molecule has 0 heterocycles. The molecule has 21 heavy (non-hydrogen) atoms. The van der Waals surface area contributed by atoms with Crippen LogP contribution in [0.5, 0.6) is 0 Å². The summed E-state index contributed by atoms with van der Waals surface area (Å²) in [5.74, 6) is 1.15. The summed E-state index contributed by atoms with van der Waals surface area (Å²) in [6, 6.07) is 14.3. The zero-order valence-electron chi connectivity index (χ0n) is 11.9. The van der Waals surface area contributed by atoms with E-state index in [9.17, 15) is 9.18 Å². The van der Waals surface area contributed by atoms with Gasteiger partial charge in [0.25, 0.3) is 5.91 Å². The van der Waals surface area contributed by atoms with Crippen LogP contribution in [0, 0.1) is 12.7 Å². The predicted octanol–water partition coefficient (Wildman–Crippen LogP) is 3.80. The summed E-state index contributed by atoms with van der Waals surface area (Å²) in [5.41, 5.74) is 2.37. The quantitative estimate of drug-likeness (QED) is 0.823. The van der Waals surface area contributed by atoms with Crippen LogP contribution in [0.1, 0.15) is 21.5 Å². The van der Waals surface area contributed by atoms with Crippen molar-refractivity contribution in [3.63, 3.8) is 0 Å². The molecule has 0 radical (unpaired) electrons. The molecule has 0 aliphatic heterocycles. The SMILES string of the molecule is Cc1ccccc1C(=O)NCCSCc1ccccc1F. The van der Waals surface area contributed by atoms with Gasteiger partial charge in [-0.15, -0.1) is 0 Å². The maximum atomic E-state index is 13.4. The number of halogens is 1. The van der Waals surface area contributed by atoms with Crippen molar-refractivity contribution in [3.8, 4) is 0 Å². The minimum Gasteiger partial charge on any atom is -0.351 e. The number of benzene rings is 2. The molecule has 0 bridgehead atoms. The van der Waals surface area contributed by atoms with Crippen LogP contribution >= 0.6 is 11.8 Å². The molecule has 0 atom stereocenters. The largest absolute Gasteiger partial charge is 0.351 e. The molecule has 0 aliphatic carbocycles. The fourth-order valence-electron chi connectivity index (χ4n) is 1.96. The molecule has 4 heteroatoms. The number of rotatable bonds is 6. The first-order chi connectivity index (χ1) is 10.2. The Morgan fingerprint density at radius 1 is 1.14 bits per heavy atom. The normalized spacial score (nSPS) is 10.4. The zero-order chi connectivity index (χ0) is 15.1. The molecule has 2 aromatic rings. The summed E-state index contributed by atoms with van der Waals surface area (Å²) in [4.78, 5) is 12.0. The average molecular weight is 303 g/mol. The van der Waals surface area contributed by atoms with E-state index in [-0.39, 0.29) is 11.7 Å². The molecule has 110 valence electrons. The monoisotopic (exact) mass is 303 g/mol. The van der Waals surface area contributed by atoms with E-state index in [1.165, 1.54) is 6.07 Å². The summed E-state index contributed by atoms with van der Waals surface area (Å²) in [7, 11) is 0. The Hall–Kier alpha value is -1.81. The fraction of sp³-hybridized carbons (Fsp3) is 0.235. The van der Waals surface area contributed by atoms with Crippen molar-refractivity contribution >= 4 is 17.7 Å². The second-order valence-electron chi connectivity index (χ2n) is 4.71. The van der Waals surface area contributed by atoms with Gasteiger partial charge in [-0.25, -0.2) is 4.39 Å². The van der Waals surface area contributed by atoms with Gasteiger partial charge in [0.2, 0.25) is 0 Å². The van der Waals surface area contributed by atoms with Gasteiger partial charge < -0.3 is 5.32 Å². The molecule has 0 saturated heterocycles. The van der Waals surface area contributed by atoms with Gasteiger partial charge in [-0.2, -0.15) is 11.8 Å². The van der Waals surface area contributed by atoms with Crippen LogP contribution in [-0.4, -0.2) is 18.2 Å². The van der Waals surface area contributed by atoms with Crippen LogP contribution in [0.15, 0.2) is 48.5 Å². The van der Waals surface area contributed by atoms with Gasteiger partial charge in [0.1, 0.15) is 5.82 Å². The van der Waals surface area contributed by atoms with Crippen molar-refractivity contribution in [3.05, 3.63) is 71.0 Å². The van der Waals surface area contributed by atoms with Crippen molar-refractivity contribution < 1.29 is 9.18 Å². The summed E-state index contributed by atoms with van der Waals surface area (Å²) < 4.78 is 13.4. The molecule has 0 fully saturated rings. The number of nitrogens with one attached hydrogen (secondary N) is 1. The molecule has 0 aromatic heterocycles. The van der Waals surface area contributed by atoms with Crippen molar-refractivity contribution in [1.82, 2.24) is 5.32 Å². The van der Waals surface area contributed by atoms with E-state index in [0.717, 1.165) is 11.3 Å². The lowest BCUT2D eigenvalue weighted by Gasteiger charge is -2.07. The third-order valence-corrected chi connectivity index (χ3v) is 4.14. The summed E-state index contributed by atoms with van der Waals surface area (Å²) in [5, 5.41) is 2.89.